The maximum atomic E-state index is 12.9. The highest BCUT2D eigenvalue weighted by Gasteiger charge is 2.40. The fourth-order valence-corrected chi connectivity index (χ4v) is 4.47. The number of amides is 1. The van der Waals surface area contributed by atoms with Crippen molar-refractivity contribution in [1.82, 2.24) is 4.90 Å². The van der Waals surface area contributed by atoms with Gasteiger partial charge in [-0.2, -0.15) is 0 Å². The first-order valence-electron chi connectivity index (χ1n) is 7.14. The molecule has 1 fully saturated rings. The molecule has 7 heteroatoms. The number of thioether (sulfide) groups is 1. The van der Waals surface area contributed by atoms with Crippen LogP contribution in [0, 0.1) is 0 Å². The second-order valence-corrected chi connectivity index (χ2v) is 7.22. The zero-order valence-corrected chi connectivity index (χ0v) is 14.6. The van der Waals surface area contributed by atoms with E-state index < -0.39 is 23.3 Å². The fourth-order valence-electron chi connectivity index (χ4n) is 2.59. The van der Waals surface area contributed by atoms with Gasteiger partial charge in [0, 0.05) is 26.9 Å². The van der Waals surface area contributed by atoms with Crippen molar-refractivity contribution in [2.75, 3.05) is 5.75 Å². The molecule has 1 saturated heterocycles. The van der Waals surface area contributed by atoms with Gasteiger partial charge in [-0.25, -0.2) is 0 Å². The van der Waals surface area contributed by atoms with E-state index in [-0.39, 0.29) is 5.75 Å². The van der Waals surface area contributed by atoms with Crippen LogP contribution >= 0.6 is 35.0 Å². The Balaban J connectivity index is 2.01. The number of nitrogens with zero attached hydrogens (tertiary/aromatic N) is 1. The zero-order valence-electron chi connectivity index (χ0n) is 12.3. The van der Waals surface area contributed by atoms with E-state index in [0.29, 0.717) is 21.2 Å². The van der Waals surface area contributed by atoms with Gasteiger partial charge in [-0.05, 0) is 30.3 Å². The summed E-state index contributed by atoms with van der Waals surface area (Å²) in [5.74, 6) is -1.42. The van der Waals surface area contributed by atoms with Crippen molar-refractivity contribution in [1.29, 1.82) is 0 Å². The lowest BCUT2D eigenvalue weighted by Gasteiger charge is -2.30. The number of carboxylic acid groups (broad SMARTS) is 1. The van der Waals surface area contributed by atoms with Crippen molar-refractivity contribution in [3.63, 3.8) is 0 Å². The molecule has 124 valence electrons. The molecule has 1 heterocycles. The standard InChI is InChI=1S/C17H13Cl2NO3S/c18-11-7-5-10(6-8-11)15(21)20-14(17(22)23)9-24-16(20)12-3-1-2-4-13(12)19/h1-8,14,16H,9H2,(H,22,23)/p-1/t14-,16-/m0/s1. The third-order valence-electron chi connectivity index (χ3n) is 3.77. The molecule has 2 atom stereocenters. The summed E-state index contributed by atoms with van der Waals surface area (Å²) < 4.78 is 0. The van der Waals surface area contributed by atoms with Crippen molar-refractivity contribution in [2.45, 2.75) is 11.4 Å². The summed E-state index contributed by atoms with van der Waals surface area (Å²) in [4.78, 5) is 25.7. The summed E-state index contributed by atoms with van der Waals surface area (Å²) in [6.45, 7) is 0. The summed E-state index contributed by atoms with van der Waals surface area (Å²) in [5.41, 5.74) is 1.07. The van der Waals surface area contributed by atoms with Crippen LogP contribution < -0.4 is 5.11 Å². The first kappa shape index (κ1) is 17.1. The first-order valence-corrected chi connectivity index (χ1v) is 8.94. The van der Waals surface area contributed by atoms with Crippen molar-refractivity contribution in [2.24, 2.45) is 0 Å². The van der Waals surface area contributed by atoms with Crippen LogP contribution in [0.5, 0.6) is 0 Å². The molecule has 0 spiro atoms. The van der Waals surface area contributed by atoms with Gasteiger partial charge in [-0.3, -0.25) is 4.79 Å². The predicted molar refractivity (Wildman–Crippen MR) is 93.1 cm³/mol. The average Bonchev–Trinajstić information content (AvgIpc) is 3.00. The molecule has 24 heavy (non-hydrogen) atoms. The molecule has 0 unspecified atom stereocenters. The molecule has 0 bridgehead atoms. The van der Waals surface area contributed by atoms with Crippen LogP contribution in [0.2, 0.25) is 10.0 Å². The van der Waals surface area contributed by atoms with E-state index in [9.17, 15) is 14.7 Å². The van der Waals surface area contributed by atoms with Gasteiger partial charge in [0.15, 0.2) is 0 Å². The minimum absolute atomic E-state index is 0.248. The molecule has 1 aliphatic rings. The number of hydrogen-bond acceptors (Lipinski definition) is 4. The van der Waals surface area contributed by atoms with Crippen LogP contribution in [0.25, 0.3) is 0 Å². The van der Waals surface area contributed by atoms with Crippen LogP contribution in [0.1, 0.15) is 21.3 Å². The van der Waals surface area contributed by atoms with Gasteiger partial charge in [0.05, 0.1) is 12.0 Å². The van der Waals surface area contributed by atoms with E-state index in [4.69, 9.17) is 23.2 Å². The van der Waals surface area contributed by atoms with Crippen molar-refractivity contribution in [3.8, 4) is 0 Å². The van der Waals surface area contributed by atoms with Gasteiger partial charge in [0.2, 0.25) is 0 Å². The van der Waals surface area contributed by atoms with Crippen molar-refractivity contribution >= 4 is 46.8 Å². The Morgan fingerprint density at radius 3 is 2.38 bits per heavy atom. The quantitative estimate of drug-likeness (QED) is 0.820. The Bertz CT molecular complexity index is 782. The molecule has 0 N–H and O–H groups in total. The number of carbonyl (C=O) groups is 2. The second kappa shape index (κ2) is 7.05. The number of carboxylic acids is 1. The van der Waals surface area contributed by atoms with E-state index in [2.05, 4.69) is 0 Å². The second-order valence-electron chi connectivity index (χ2n) is 5.26. The Morgan fingerprint density at radius 2 is 1.75 bits per heavy atom. The predicted octanol–water partition coefficient (Wildman–Crippen LogP) is 3.00. The highest BCUT2D eigenvalue weighted by molar-refractivity contribution is 7.99. The number of rotatable bonds is 3. The average molecular weight is 381 g/mol. The third-order valence-corrected chi connectivity index (χ3v) is 5.67. The maximum absolute atomic E-state index is 12.9. The van der Waals surface area contributed by atoms with Gasteiger partial charge >= 0.3 is 0 Å². The number of carbonyl (C=O) groups excluding carboxylic acids is 2. The monoisotopic (exact) mass is 380 g/mol. The van der Waals surface area contributed by atoms with Crippen LogP contribution in [-0.2, 0) is 4.79 Å². The smallest absolute Gasteiger partial charge is 0.255 e. The fraction of sp³-hybridized carbons (Fsp3) is 0.176. The number of benzene rings is 2. The zero-order chi connectivity index (χ0) is 17.3. The van der Waals surface area contributed by atoms with Crippen LogP contribution in [-0.4, -0.2) is 28.6 Å². The Morgan fingerprint density at radius 1 is 1.08 bits per heavy atom. The Kier molecular flexibility index (Phi) is 5.04. The third kappa shape index (κ3) is 3.24. The molecule has 0 aliphatic carbocycles. The topological polar surface area (TPSA) is 60.4 Å². The molecule has 2 aromatic carbocycles. The molecule has 1 amide bonds. The highest BCUT2D eigenvalue weighted by Crippen LogP contribution is 2.44. The normalized spacial score (nSPS) is 20.2. The van der Waals surface area contributed by atoms with Crippen LogP contribution in [0.3, 0.4) is 0 Å². The van der Waals surface area contributed by atoms with Crippen molar-refractivity contribution in [3.05, 3.63) is 69.7 Å². The number of halogens is 2. The Labute approximate surface area is 153 Å². The minimum atomic E-state index is -1.28. The lowest BCUT2D eigenvalue weighted by molar-refractivity contribution is -0.310. The molecule has 2 aromatic rings. The summed E-state index contributed by atoms with van der Waals surface area (Å²) in [7, 11) is 0. The summed E-state index contributed by atoms with van der Waals surface area (Å²) in [6, 6.07) is 12.4. The van der Waals surface area contributed by atoms with E-state index in [0.717, 1.165) is 0 Å². The SMILES string of the molecule is O=C([O-])[C@@H]1CS[C@@H](c2ccccc2Cl)N1C(=O)c1ccc(Cl)cc1. The van der Waals surface area contributed by atoms with E-state index in [1.807, 2.05) is 0 Å². The minimum Gasteiger partial charge on any atom is -0.548 e. The summed E-state index contributed by atoms with van der Waals surface area (Å²) in [6.07, 6.45) is 0. The van der Waals surface area contributed by atoms with E-state index in [1.165, 1.54) is 16.7 Å². The molecule has 3 rings (SSSR count). The largest absolute Gasteiger partial charge is 0.548 e. The maximum Gasteiger partial charge on any atom is 0.255 e. The molecule has 1 aliphatic heterocycles. The van der Waals surface area contributed by atoms with Gasteiger partial charge in [-0.1, -0.05) is 41.4 Å². The molecular weight excluding hydrogens is 369 g/mol. The number of hydrogen-bond donors (Lipinski definition) is 0. The summed E-state index contributed by atoms with van der Waals surface area (Å²) in [5, 5.41) is 12.0. The molecule has 0 saturated carbocycles. The molecule has 0 aromatic heterocycles. The van der Waals surface area contributed by atoms with Crippen LogP contribution in [0.4, 0.5) is 0 Å². The van der Waals surface area contributed by atoms with E-state index >= 15 is 0 Å². The van der Waals surface area contributed by atoms with E-state index in [1.54, 1.807) is 48.5 Å². The van der Waals surface area contributed by atoms with Crippen LogP contribution in [0.15, 0.2) is 48.5 Å². The lowest BCUT2D eigenvalue weighted by Crippen LogP contribution is -2.49. The molecule has 0 radical (unpaired) electrons. The summed E-state index contributed by atoms with van der Waals surface area (Å²) >= 11 is 13.4. The lowest BCUT2D eigenvalue weighted by atomic mass is 10.1. The molecule has 4 nitrogen and oxygen atoms in total. The van der Waals surface area contributed by atoms with Gasteiger partial charge in [-0.15, -0.1) is 11.8 Å². The van der Waals surface area contributed by atoms with Gasteiger partial charge < -0.3 is 14.8 Å². The van der Waals surface area contributed by atoms with Gasteiger partial charge in [0.1, 0.15) is 5.37 Å². The number of aliphatic carboxylic acids is 1. The van der Waals surface area contributed by atoms with Crippen molar-refractivity contribution < 1.29 is 14.7 Å². The first-order chi connectivity index (χ1) is 11.5. The molecular formula is C17H12Cl2NO3S-. The Hall–Kier alpha value is -1.69. The highest BCUT2D eigenvalue weighted by atomic mass is 35.5. The van der Waals surface area contributed by atoms with Gasteiger partial charge in [0.25, 0.3) is 5.91 Å².